The zero-order chi connectivity index (χ0) is 18.0. The summed E-state index contributed by atoms with van der Waals surface area (Å²) in [6.45, 7) is 6.07. The summed E-state index contributed by atoms with van der Waals surface area (Å²) in [5.41, 5.74) is 13.1. The molecule has 0 aliphatic heterocycles. The lowest BCUT2D eigenvalue weighted by molar-refractivity contribution is 0.459. The quantitative estimate of drug-likeness (QED) is 0.569. The third-order valence-electron chi connectivity index (χ3n) is 3.29. The van der Waals surface area contributed by atoms with E-state index >= 15 is 0 Å². The van der Waals surface area contributed by atoms with Gasteiger partial charge in [-0.3, -0.25) is 4.98 Å². The number of nitrogen functional groups attached to an aromatic ring is 1. The van der Waals surface area contributed by atoms with Gasteiger partial charge in [0.2, 0.25) is 5.88 Å². The summed E-state index contributed by atoms with van der Waals surface area (Å²) in [6.07, 6.45) is 3.11. The van der Waals surface area contributed by atoms with Crippen LogP contribution < -0.4 is 21.3 Å². The van der Waals surface area contributed by atoms with Crippen LogP contribution in [0.15, 0.2) is 41.3 Å². The molecule has 2 heterocycles. The zero-order valence-corrected chi connectivity index (χ0v) is 15.8. The number of halogens is 1. The van der Waals surface area contributed by atoms with Gasteiger partial charge in [-0.25, -0.2) is 10.4 Å². The Labute approximate surface area is 154 Å². The van der Waals surface area contributed by atoms with Crippen molar-refractivity contribution >= 4 is 38.3 Å². The molecule has 0 radical (unpaired) electrons. The Morgan fingerprint density at radius 2 is 1.92 bits per heavy atom. The van der Waals surface area contributed by atoms with Crippen LogP contribution in [0, 0.1) is 0 Å². The van der Waals surface area contributed by atoms with E-state index in [1.54, 1.807) is 6.20 Å². The molecule has 0 spiro atoms. The van der Waals surface area contributed by atoms with Crippen molar-refractivity contribution in [3.63, 3.8) is 0 Å². The molecule has 0 bridgehead atoms. The van der Waals surface area contributed by atoms with Gasteiger partial charge in [0.1, 0.15) is 17.5 Å². The summed E-state index contributed by atoms with van der Waals surface area (Å²) in [7, 11) is 0. The summed E-state index contributed by atoms with van der Waals surface area (Å²) in [6, 6.07) is 7.55. The highest BCUT2D eigenvalue weighted by molar-refractivity contribution is 9.10. The normalized spacial score (nSPS) is 11.5. The molecule has 0 aliphatic carbocycles. The van der Waals surface area contributed by atoms with E-state index in [0.717, 1.165) is 15.4 Å². The number of hydrazine groups is 1. The van der Waals surface area contributed by atoms with Crippen LogP contribution in [0.1, 0.15) is 20.8 Å². The van der Waals surface area contributed by atoms with Crippen molar-refractivity contribution in [1.29, 1.82) is 0 Å². The van der Waals surface area contributed by atoms with Crippen LogP contribution >= 0.6 is 15.9 Å². The highest BCUT2D eigenvalue weighted by Crippen LogP contribution is 2.35. The third-order valence-corrected chi connectivity index (χ3v) is 3.98. The number of aromatic nitrogens is 3. The Bertz CT molecular complexity index is 909. The predicted molar refractivity (Wildman–Crippen MR) is 102 cm³/mol. The zero-order valence-electron chi connectivity index (χ0n) is 14.2. The van der Waals surface area contributed by atoms with E-state index in [-0.39, 0.29) is 11.4 Å². The molecule has 8 heteroatoms. The molecule has 3 rings (SSSR count). The number of benzene rings is 1. The topological polar surface area (TPSA) is 98.0 Å². The van der Waals surface area contributed by atoms with Gasteiger partial charge in [-0.05, 0) is 39.0 Å². The number of anilines is 2. The monoisotopic (exact) mass is 402 g/mol. The first-order valence-electron chi connectivity index (χ1n) is 7.70. The fourth-order valence-electron chi connectivity index (χ4n) is 2.11. The van der Waals surface area contributed by atoms with Crippen molar-refractivity contribution in [3.05, 3.63) is 41.3 Å². The maximum absolute atomic E-state index is 6.15. The number of hydrogen-bond acceptors (Lipinski definition) is 7. The molecule has 0 atom stereocenters. The van der Waals surface area contributed by atoms with E-state index in [0.29, 0.717) is 17.3 Å². The lowest BCUT2D eigenvalue weighted by Gasteiger charge is -2.22. The smallest absolute Gasteiger partial charge is 0.248 e. The van der Waals surface area contributed by atoms with E-state index in [2.05, 4.69) is 41.7 Å². The number of ether oxygens (including phenoxy) is 1. The van der Waals surface area contributed by atoms with Crippen LogP contribution in [-0.2, 0) is 0 Å². The number of nitrogens with two attached hydrogens (primary N) is 1. The second-order valence-corrected chi connectivity index (χ2v) is 7.34. The summed E-state index contributed by atoms with van der Waals surface area (Å²) in [5.74, 6) is 1.29. The van der Waals surface area contributed by atoms with Crippen LogP contribution in [0.2, 0.25) is 0 Å². The summed E-state index contributed by atoms with van der Waals surface area (Å²) < 4.78 is 6.86. The van der Waals surface area contributed by atoms with Crippen LogP contribution in [0.5, 0.6) is 11.6 Å². The SMILES string of the molecule is CC(C)(C)NNc1ncnc(Oc2ccc(Br)c3cccnc23)c1N. The first kappa shape index (κ1) is 17.4. The number of nitrogens with zero attached hydrogens (tertiary/aromatic N) is 3. The molecule has 25 heavy (non-hydrogen) atoms. The maximum atomic E-state index is 6.15. The number of pyridine rings is 1. The minimum Gasteiger partial charge on any atom is -0.435 e. The largest absolute Gasteiger partial charge is 0.435 e. The minimum absolute atomic E-state index is 0.149. The maximum Gasteiger partial charge on any atom is 0.248 e. The second kappa shape index (κ2) is 6.81. The molecule has 3 aromatic rings. The molecule has 0 aliphatic rings. The molecule has 7 nitrogen and oxygen atoms in total. The second-order valence-electron chi connectivity index (χ2n) is 6.49. The average molecular weight is 403 g/mol. The Morgan fingerprint density at radius 3 is 2.68 bits per heavy atom. The number of fused-ring (bicyclic) bond motifs is 1. The highest BCUT2D eigenvalue weighted by atomic mass is 79.9. The third kappa shape index (κ3) is 3.97. The Morgan fingerprint density at radius 1 is 1.12 bits per heavy atom. The van der Waals surface area contributed by atoms with E-state index in [4.69, 9.17) is 10.5 Å². The van der Waals surface area contributed by atoms with Gasteiger partial charge in [-0.1, -0.05) is 22.0 Å². The van der Waals surface area contributed by atoms with Gasteiger partial charge in [0.05, 0.1) is 0 Å². The fourth-order valence-corrected chi connectivity index (χ4v) is 2.56. The lowest BCUT2D eigenvalue weighted by Crippen LogP contribution is -2.40. The molecular formula is C17H19BrN6O. The van der Waals surface area contributed by atoms with Crippen molar-refractivity contribution in [2.75, 3.05) is 11.2 Å². The summed E-state index contributed by atoms with van der Waals surface area (Å²) in [5, 5.41) is 0.945. The molecule has 0 unspecified atom stereocenters. The van der Waals surface area contributed by atoms with Crippen LogP contribution in [0.25, 0.3) is 10.9 Å². The molecule has 2 aromatic heterocycles. The van der Waals surface area contributed by atoms with Gasteiger partial charge in [-0.15, -0.1) is 0 Å². The summed E-state index contributed by atoms with van der Waals surface area (Å²) in [4.78, 5) is 12.7. The summed E-state index contributed by atoms with van der Waals surface area (Å²) >= 11 is 3.52. The number of rotatable bonds is 4. The van der Waals surface area contributed by atoms with Crippen molar-refractivity contribution in [2.24, 2.45) is 0 Å². The van der Waals surface area contributed by atoms with Crippen molar-refractivity contribution in [2.45, 2.75) is 26.3 Å². The Kier molecular flexibility index (Phi) is 4.73. The molecule has 130 valence electrons. The molecule has 0 saturated carbocycles. The highest BCUT2D eigenvalue weighted by Gasteiger charge is 2.15. The standard InChI is InChI=1S/C17H19BrN6O/c1-17(2,3)24-23-15-13(19)16(22-9-21-15)25-12-7-6-11(18)10-5-4-8-20-14(10)12/h4-9,24H,19H2,1-3H3,(H,21,22,23). The van der Waals surface area contributed by atoms with Crippen LogP contribution in [0.4, 0.5) is 11.5 Å². The first-order valence-corrected chi connectivity index (χ1v) is 8.49. The van der Waals surface area contributed by atoms with Crippen molar-refractivity contribution in [3.8, 4) is 11.6 Å². The first-order chi connectivity index (χ1) is 11.8. The average Bonchev–Trinajstić information content (AvgIpc) is 2.57. The minimum atomic E-state index is -0.149. The fraction of sp³-hybridized carbons (Fsp3) is 0.235. The van der Waals surface area contributed by atoms with Gasteiger partial charge < -0.3 is 15.9 Å². The number of nitrogens with one attached hydrogen (secondary N) is 2. The van der Waals surface area contributed by atoms with E-state index in [1.165, 1.54) is 6.33 Å². The number of hydrogen-bond donors (Lipinski definition) is 3. The predicted octanol–water partition coefficient (Wildman–Crippen LogP) is 3.88. The van der Waals surface area contributed by atoms with E-state index in [9.17, 15) is 0 Å². The van der Waals surface area contributed by atoms with Gasteiger partial charge in [-0.2, -0.15) is 4.98 Å². The molecule has 4 N–H and O–H groups in total. The Hall–Kier alpha value is -2.45. The molecule has 0 saturated heterocycles. The Balaban J connectivity index is 1.93. The van der Waals surface area contributed by atoms with Gasteiger partial charge >= 0.3 is 0 Å². The van der Waals surface area contributed by atoms with Crippen molar-refractivity contribution < 1.29 is 4.74 Å². The molecule has 0 amide bonds. The van der Waals surface area contributed by atoms with Gasteiger partial charge in [0.25, 0.3) is 0 Å². The van der Waals surface area contributed by atoms with Crippen LogP contribution in [-0.4, -0.2) is 20.5 Å². The van der Waals surface area contributed by atoms with Gasteiger partial charge in [0, 0.05) is 21.6 Å². The lowest BCUT2D eigenvalue weighted by atomic mass is 10.1. The van der Waals surface area contributed by atoms with Gasteiger partial charge in [0.15, 0.2) is 11.6 Å². The van der Waals surface area contributed by atoms with Crippen LogP contribution in [0.3, 0.4) is 0 Å². The van der Waals surface area contributed by atoms with E-state index in [1.807, 2.05) is 45.0 Å². The molecule has 1 aromatic carbocycles. The van der Waals surface area contributed by atoms with Crippen molar-refractivity contribution in [1.82, 2.24) is 20.4 Å². The van der Waals surface area contributed by atoms with E-state index < -0.39 is 0 Å². The molecular weight excluding hydrogens is 384 g/mol. The molecule has 0 fully saturated rings.